The molecule has 0 spiro atoms. The summed E-state index contributed by atoms with van der Waals surface area (Å²) in [5.74, 6) is 0.105. The molecule has 2 aromatic carbocycles. The molecule has 1 nitrogen and oxygen atoms in total. The van der Waals surface area contributed by atoms with Crippen molar-refractivity contribution in [3.05, 3.63) is 80.7 Å². The first kappa shape index (κ1) is 22.3. The maximum Gasteiger partial charge on any atom is 0.359 e. The van der Waals surface area contributed by atoms with E-state index in [4.69, 9.17) is 0 Å². The van der Waals surface area contributed by atoms with Gasteiger partial charge >= 0.3 is 8.46 Å². The summed E-state index contributed by atoms with van der Waals surface area (Å²) < 4.78 is 12.2. The first-order valence-electron chi connectivity index (χ1n) is 10.0. The summed E-state index contributed by atoms with van der Waals surface area (Å²) in [6, 6.07) is 12.7. The zero-order valence-electron chi connectivity index (χ0n) is 18.6. The third-order valence-corrected chi connectivity index (χ3v) is 6.41. The Balaban J connectivity index is 2.62. The van der Waals surface area contributed by atoms with Gasteiger partial charge in [-0.2, -0.15) is 0 Å². The summed E-state index contributed by atoms with van der Waals surface area (Å²) in [5, 5.41) is 0.977. The maximum atomic E-state index is 12.2. The molecule has 0 aliphatic heterocycles. The number of allylic oxidation sites excluding steroid dienone is 2. The molecule has 0 N–H and O–H groups in total. The highest BCUT2D eigenvalue weighted by molar-refractivity contribution is 7.29. The van der Waals surface area contributed by atoms with Crippen LogP contribution in [0.4, 0.5) is 0 Å². The van der Waals surface area contributed by atoms with Gasteiger partial charge in [0.2, 0.25) is 0 Å². The Bertz CT molecular complexity index is 885. The quantitative estimate of drug-likeness (QED) is 0.470. The Labute approximate surface area is 172 Å². The van der Waals surface area contributed by atoms with Gasteiger partial charge in [0.15, 0.2) is 5.31 Å². The highest BCUT2D eigenvalue weighted by Crippen LogP contribution is 2.41. The number of hydrogen-bond acceptors (Lipinski definition) is 1. The van der Waals surface area contributed by atoms with Crippen molar-refractivity contribution in [3.8, 4) is 0 Å². The van der Waals surface area contributed by atoms with E-state index >= 15 is 0 Å². The van der Waals surface area contributed by atoms with Gasteiger partial charge in [-0.05, 0) is 72.6 Å². The minimum absolute atomic E-state index is 0.0202. The largest absolute Gasteiger partial charge is 0.359 e. The van der Waals surface area contributed by atoms with Gasteiger partial charge in [-0.3, -0.25) is 0 Å². The summed E-state index contributed by atoms with van der Waals surface area (Å²) in [4.78, 5) is 0. The lowest BCUT2D eigenvalue weighted by molar-refractivity contribution is 0.464. The van der Waals surface area contributed by atoms with Crippen molar-refractivity contribution < 1.29 is 4.57 Å². The fourth-order valence-electron chi connectivity index (χ4n) is 3.82. The van der Waals surface area contributed by atoms with E-state index in [0.717, 1.165) is 5.31 Å². The second-order valence-electron chi connectivity index (χ2n) is 8.88. The maximum absolute atomic E-state index is 12.2. The lowest BCUT2D eigenvalue weighted by Gasteiger charge is -2.28. The van der Waals surface area contributed by atoms with Crippen molar-refractivity contribution in [3.63, 3.8) is 0 Å². The Morgan fingerprint density at radius 1 is 0.821 bits per heavy atom. The topological polar surface area (TPSA) is 17.1 Å². The number of hydrogen-bond donors (Lipinski definition) is 0. The molecule has 0 amide bonds. The second kappa shape index (κ2) is 9.01. The standard InChI is InChI=1S/C26H33OP/c1-17-11-9-12-18(2)22(17)15-24(26(6,7)8)21(5)25(28-27)16-23-19(3)13-10-14-20(23)4/h9-16,21H,1-8H3/p+1. The molecule has 0 heterocycles. The number of benzene rings is 2. The molecule has 2 heteroatoms. The normalized spacial score (nSPS) is 14.4. The molecular weight excluding hydrogens is 359 g/mol. The zero-order chi connectivity index (χ0) is 21.1. The van der Waals surface area contributed by atoms with E-state index in [-0.39, 0.29) is 11.3 Å². The van der Waals surface area contributed by atoms with Crippen LogP contribution in [-0.2, 0) is 4.57 Å². The molecule has 2 rings (SSSR count). The molecule has 0 radical (unpaired) electrons. The molecule has 0 aliphatic rings. The number of rotatable bonds is 5. The smallest absolute Gasteiger partial charge is 0.0711 e. The first-order chi connectivity index (χ1) is 13.1. The van der Waals surface area contributed by atoms with Gasteiger partial charge in [0, 0.05) is 5.92 Å². The molecule has 0 fully saturated rings. The average Bonchev–Trinajstić information content (AvgIpc) is 2.60. The highest BCUT2D eigenvalue weighted by atomic mass is 31.1. The van der Waals surface area contributed by atoms with Crippen LogP contribution in [0.15, 0.2) is 47.3 Å². The van der Waals surface area contributed by atoms with Crippen LogP contribution in [0, 0.1) is 39.0 Å². The molecule has 0 saturated carbocycles. The molecule has 148 valence electrons. The molecule has 2 aromatic rings. The van der Waals surface area contributed by atoms with Crippen LogP contribution in [0.2, 0.25) is 0 Å². The van der Waals surface area contributed by atoms with E-state index in [2.05, 4.69) is 104 Å². The summed E-state index contributed by atoms with van der Waals surface area (Å²) in [5.41, 5.74) is 8.75. The predicted molar refractivity (Wildman–Crippen MR) is 125 cm³/mol. The SMILES string of the molecule is Cc1cccc(C)c1C=C([PH+]=O)C(C)C(=Cc1c(C)cccc1C)C(C)(C)C. The van der Waals surface area contributed by atoms with Gasteiger partial charge in [0.1, 0.15) is 0 Å². The van der Waals surface area contributed by atoms with E-state index in [0.29, 0.717) is 0 Å². The fraction of sp³-hybridized carbons (Fsp3) is 0.385. The van der Waals surface area contributed by atoms with E-state index in [1.54, 1.807) is 0 Å². The third-order valence-electron chi connectivity index (χ3n) is 5.60. The van der Waals surface area contributed by atoms with Crippen molar-refractivity contribution in [1.29, 1.82) is 0 Å². The first-order valence-corrected chi connectivity index (χ1v) is 10.9. The summed E-state index contributed by atoms with van der Waals surface area (Å²) >= 11 is 0. The second-order valence-corrected chi connectivity index (χ2v) is 9.67. The van der Waals surface area contributed by atoms with E-state index in [1.807, 2.05) is 0 Å². The molecule has 2 unspecified atom stereocenters. The molecule has 0 aliphatic carbocycles. The van der Waals surface area contributed by atoms with Gasteiger partial charge in [-0.1, -0.05) is 80.3 Å². The molecule has 0 saturated heterocycles. The Hall–Kier alpha value is -1.98. The van der Waals surface area contributed by atoms with Crippen molar-refractivity contribution in [2.45, 2.75) is 55.4 Å². The van der Waals surface area contributed by atoms with Crippen LogP contribution in [0.1, 0.15) is 61.1 Å². The molecule has 2 atom stereocenters. The van der Waals surface area contributed by atoms with E-state index < -0.39 is 8.46 Å². The Kier molecular flexibility index (Phi) is 7.18. The monoisotopic (exact) mass is 393 g/mol. The summed E-state index contributed by atoms with van der Waals surface area (Å²) in [6.45, 7) is 17.5. The zero-order valence-corrected chi connectivity index (χ0v) is 19.6. The van der Waals surface area contributed by atoms with E-state index in [9.17, 15) is 4.57 Å². The average molecular weight is 394 g/mol. The van der Waals surface area contributed by atoms with Crippen molar-refractivity contribution in [1.82, 2.24) is 0 Å². The van der Waals surface area contributed by atoms with Crippen LogP contribution in [0.25, 0.3) is 12.2 Å². The Morgan fingerprint density at radius 2 is 1.21 bits per heavy atom. The minimum atomic E-state index is -0.455. The molecule has 0 bridgehead atoms. The lowest BCUT2D eigenvalue weighted by Crippen LogP contribution is -2.17. The van der Waals surface area contributed by atoms with E-state index in [1.165, 1.54) is 39.0 Å². The van der Waals surface area contributed by atoms with Crippen LogP contribution >= 0.6 is 8.46 Å². The number of aryl methyl sites for hydroxylation is 4. The summed E-state index contributed by atoms with van der Waals surface area (Å²) in [7, 11) is -0.455. The van der Waals surface area contributed by atoms with Gasteiger partial charge in [-0.25, -0.2) is 0 Å². The van der Waals surface area contributed by atoms with Crippen LogP contribution in [0.5, 0.6) is 0 Å². The van der Waals surface area contributed by atoms with Crippen molar-refractivity contribution >= 4 is 20.6 Å². The fourth-order valence-corrected chi connectivity index (χ4v) is 4.36. The van der Waals surface area contributed by atoms with Gasteiger partial charge in [0.25, 0.3) is 0 Å². The van der Waals surface area contributed by atoms with Gasteiger partial charge < -0.3 is 0 Å². The minimum Gasteiger partial charge on any atom is -0.0711 e. The van der Waals surface area contributed by atoms with Gasteiger partial charge in [-0.15, -0.1) is 0 Å². The lowest BCUT2D eigenvalue weighted by atomic mass is 9.77. The third kappa shape index (κ3) is 5.09. The summed E-state index contributed by atoms with van der Waals surface area (Å²) in [6.07, 6.45) is 4.47. The van der Waals surface area contributed by atoms with Crippen LogP contribution < -0.4 is 0 Å². The van der Waals surface area contributed by atoms with Crippen LogP contribution in [-0.4, -0.2) is 0 Å². The molecule has 28 heavy (non-hydrogen) atoms. The van der Waals surface area contributed by atoms with Crippen LogP contribution in [0.3, 0.4) is 0 Å². The molecular formula is C26H34OP+. The molecule has 0 aromatic heterocycles. The Morgan fingerprint density at radius 3 is 1.57 bits per heavy atom. The van der Waals surface area contributed by atoms with Crippen molar-refractivity contribution in [2.75, 3.05) is 0 Å². The van der Waals surface area contributed by atoms with Crippen molar-refractivity contribution in [2.24, 2.45) is 11.3 Å². The van der Waals surface area contributed by atoms with Gasteiger partial charge in [0.05, 0.1) is 0 Å². The predicted octanol–water partition coefficient (Wildman–Crippen LogP) is 8.05. The highest BCUT2D eigenvalue weighted by Gasteiger charge is 2.29.